The third kappa shape index (κ3) is 2.68. The van der Waals surface area contributed by atoms with E-state index >= 15 is 0 Å². The minimum atomic E-state index is -0.112. The average molecular weight is 323 g/mol. The zero-order valence-corrected chi connectivity index (χ0v) is 13.8. The van der Waals surface area contributed by atoms with Gasteiger partial charge in [0, 0.05) is 11.9 Å². The highest BCUT2D eigenvalue weighted by Gasteiger charge is 2.17. The first kappa shape index (κ1) is 14.9. The summed E-state index contributed by atoms with van der Waals surface area (Å²) in [5, 5.41) is 14.8. The second-order valence-corrected chi connectivity index (χ2v) is 6.47. The van der Waals surface area contributed by atoms with Crippen LogP contribution in [0.1, 0.15) is 52.1 Å². The van der Waals surface area contributed by atoms with Crippen molar-refractivity contribution in [3.8, 4) is 0 Å². The monoisotopic (exact) mass is 323 g/mol. The molecule has 124 valence electrons. The molecule has 3 aromatic heterocycles. The number of nitrogens with one attached hydrogen (secondary N) is 2. The Balaban J connectivity index is 1.51. The fourth-order valence-electron chi connectivity index (χ4n) is 3.39. The molecule has 3 aromatic rings. The Bertz CT molecular complexity index is 892. The van der Waals surface area contributed by atoms with Crippen molar-refractivity contribution in [2.75, 3.05) is 0 Å². The molecule has 0 saturated carbocycles. The van der Waals surface area contributed by atoms with E-state index < -0.39 is 0 Å². The molecule has 6 heteroatoms. The number of pyridine rings is 1. The molecule has 1 aliphatic carbocycles. The molecular formula is C18H21N5O. The van der Waals surface area contributed by atoms with Gasteiger partial charge in [-0.3, -0.25) is 9.89 Å². The van der Waals surface area contributed by atoms with E-state index in [-0.39, 0.29) is 5.91 Å². The fraction of sp³-hybridized carbons (Fsp3) is 0.389. The summed E-state index contributed by atoms with van der Waals surface area (Å²) < 4.78 is 1.74. The molecule has 0 unspecified atom stereocenters. The van der Waals surface area contributed by atoms with Gasteiger partial charge in [0.05, 0.1) is 29.5 Å². The topological polar surface area (TPSA) is 75.1 Å². The zero-order valence-electron chi connectivity index (χ0n) is 13.8. The van der Waals surface area contributed by atoms with Gasteiger partial charge < -0.3 is 5.32 Å². The van der Waals surface area contributed by atoms with Crippen molar-refractivity contribution in [2.24, 2.45) is 0 Å². The van der Waals surface area contributed by atoms with E-state index in [9.17, 15) is 4.79 Å². The summed E-state index contributed by atoms with van der Waals surface area (Å²) in [7, 11) is 0. The Morgan fingerprint density at radius 2 is 2.17 bits per heavy atom. The lowest BCUT2D eigenvalue weighted by Crippen LogP contribution is -2.23. The van der Waals surface area contributed by atoms with Gasteiger partial charge in [0.2, 0.25) is 0 Å². The van der Waals surface area contributed by atoms with Crippen LogP contribution in [0.25, 0.3) is 5.52 Å². The van der Waals surface area contributed by atoms with E-state index in [0.717, 1.165) is 29.6 Å². The number of aromatic nitrogens is 4. The van der Waals surface area contributed by atoms with Gasteiger partial charge in [-0.25, -0.2) is 4.52 Å². The lowest BCUT2D eigenvalue weighted by Gasteiger charge is -2.05. The second kappa shape index (κ2) is 6.11. The van der Waals surface area contributed by atoms with Gasteiger partial charge in [-0.1, -0.05) is 12.5 Å². The summed E-state index contributed by atoms with van der Waals surface area (Å²) in [6.07, 6.45) is 9.31. The van der Waals surface area contributed by atoms with Crippen molar-refractivity contribution in [3.63, 3.8) is 0 Å². The molecule has 0 fully saturated rings. The first-order chi connectivity index (χ1) is 11.7. The highest BCUT2D eigenvalue weighted by Crippen LogP contribution is 2.21. The molecule has 1 amide bonds. The van der Waals surface area contributed by atoms with Crippen LogP contribution in [0.3, 0.4) is 0 Å². The van der Waals surface area contributed by atoms with Gasteiger partial charge in [0.1, 0.15) is 0 Å². The summed E-state index contributed by atoms with van der Waals surface area (Å²) in [5.41, 5.74) is 6.02. The largest absolute Gasteiger partial charge is 0.346 e. The maximum Gasteiger partial charge on any atom is 0.255 e. The van der Waals surface area contributed by atoms with Gasteiger partial charge in [0.25, 0.3) is 5.91 Å². The molecule has 0 aliphatic heterocycles. The van der Waals surface area contributed by atoms with E-state index in [1.165, 1.54) is 30.5 Å². The number of aromatic amines is 1. The summed E-state index contributed by atoms with van der Waals surface area (Å²) >= 11 is 0. The van der Waals surface area contributed by atoms with Crippen LogP contribution < -0.4 is 5.32 Å². The summed E-state index contributed by atoms with van der Waals surface area (Å²) in [6, 6.07) is 3.92. The van der Waals surface area contributed by atoms with Crippen molar-refractivity contribution in [1.29, 1.82) is 0 Å². The van der Waals surface area contributed by atoms with E-state index in [4.69, 9.17) is 0 Å². The molecule has 1 aliphatic rings. The van der Waals surface area contributed by atoms with Crippen molar-refractivity contribution in [1.82, 2.24) is 25.1 Å². The number of rotatable bonds is 3. The molecule has 0 bridgehead atoms. The zero-order chi connectivity index (χ0) is 16.5. The van der Waals surface area contributed by atoms with Crippen LogP contribution in [0.15, 0.2) is 24.5 Å². The Kier molecular flexibility index (Phi) is 3.80. The average Bonchev–Trinajstić information content (AvgIpc) is 3.09. The van der Waals surface area contributed by atoms with Gasteiger partial charge in [-0.15, -0.1) is 0 Å². The van der Waals surface area contributed by atoms with Crippen LogP contribution in [0, 0.1) is 6.92 Å². The Morgan fingerprint density at radius 3 is 3.08 bits per heavy atom. The molecule has 2 N–H and O–H groups in total. The maximum atomic E-state index is 12.5. The van der Waals surface area contributed by atoms with E-state index in [2.05, 4.69) is 20.6 Å². The van der Waals surface area contributed by atoms with Gasteiger partial charge in [-0.2, -0.15) is 10.2 Å². The number of hydrogen-bond acceptors (Lipinski definition) is 3. The quantitative estimate of drug-likeness (QED) is 0.727. The number of carbonyl (C=O) groups excluding carboxylic acids is 1. The third-order valence-electron chi connectivity index (χ3n) is 4.72. The van der Waals surface area contributed by atoms with Crippen LogP contribution in [-0.2, 0) is 19.4 Å². The van der Waals surface area contributed by atoms with Gasteiger partial charge in [0.15, 0.2) is 0 Å². The first-order valence-electron chi connectivity index (χ1n) is 8.49. The van der Waals surface area contributed by atoms with Crippen molar-refractivity contribution < 1.29 is 4.79 Å². The first-order valence-corrected chi connectivity index (χ1v) is 8.49. The number of H-pyrrole nitrogens is 1. The fourth-order valence-corrected chi connectivity index (χ4v) is 3.39. The molecule has 4 rings (SSSR count). The van der Waals surface area contributed by atoms with E-state index in [1.54, 1.807) is 10.7 Å². The van der Waals surface area contributed by atoms with Crippen LogP contribution in [0.4, 0.5) is 0 Å². The predicted molar refractivity (Wildman–Crippen MR) is 90.9 cm³/mol. The molecule has 0 spiro atoms. The Hall–Kier alpha value is -2.63. The summed E-state index contributed by atoms with van der Waals surface area (Å²) in [6.45, 7) is 2.46. The minimum absolute atomic E-state index is 0.112. The lowest BCUT2D eigenvalue weighted by atomic mass is 10.1. The number of amides is 1. The number of fused-ring (bicyclic) bond motifs is 2. The number of aryl methyl sites for hydroxylation is 2. The second-order valence-electron chi connectivity index (χ2n) is 6.47. The molecule has 6 nitrogen and oxygen atoms in total. The Morgan fingerprint density at radius 1 is 1.29 bits per heavy atom. The summed E-state index contributed by atoms with van der Waals surface area (Å²) in [4.78, 5) is 12.5. The van der Waals surface area contributed by atoms with Crippen LogP contribution in [0.5, 0.6) is 0 Å². The van der Waals surface area contributed by atoms with Gasteiger partial charge >= 0.3 is 0 Å². The third-order valence-corrected chi connectivity index (χ3v) is 4.72. The standard InChI is InChI=1S/C18H21N5O/c1-12-7-8-17-14(9-20-23(17)11-12)18(24)19-10-16-13-5-3-2-4-6-15(13)21-22-16/h7-9,11H,2-6,10H2,1H3,(H,19,24)(H,21,22). The number of carbonyl (C=O) groups is 1. The Labute approximate surface area is 140 Å². The lowest BCUT2D eigenvalue weighted by molar-refractivity contribution is 0.0952. The normalized spacial score (nSPS) is 14.4. The van der Waals surface area contributed by atoms with Crippen LogP contribution in [-0.4, -0.2) is 25.7 Å². The molecule has 3 heterocycles. The van der Waals surface area contributed by atoms with E-state index in [1.807, 2.05) is 25.3 Å². The highest BCUT2D eigenvalue weighted by molar-refractivity contribution is 6.00. The van der Waals surface area contributed by atoms with E-state index in [0.29, 0.717) is 12.1 Å². The van der Waals surface area contributed by atoms with Crippen LogP contribution >= 0.6 is 0 Å². The molecule has 0 radical (unpaired) electrons. The molecule has 0 aromatic carbocycles. The maximum absolute atomic E-state index is 12.5. The van der Waals surface area contributed by atoms with Crippen LogP contribution in [0.2, 0.25) is 0 Å². The molecule has 24 heavy (non-hydrogen) atoms. The van der Waals surface area contributed by atoms with Crippen molar-refractivity contribution >= 4 is 11.4 Å². The number of hydrogen-bond donors (Lipinski definition) is 2. The predicted octanol–water partition coefficient (Wildman–Crippen LogP) is 2.56. The molecule has 0 atom stereocenters. The van der Waals surface area contributed by atoms with Crippen molar-refractivity contribution in [2.45, 2.75) is 45.6 Å². The van der Waals surface area contributed by atoms with Crippen molar-refractivity contribution in [3.05, 3.63) is 52.6 Å². The SMILES string of the molecule is Cc1ccc2c(C(=O)NCc3n[nH]c4c3CCCCC4)cnn2c1. The smallest absolute Gasteiger partial charge is 0.255 e. The molecule has 0 saturated heterocycles. The highest BCUT2D eigenvalue weighted by atomic mass is 16.1. The minimum Gasteiger partial charge on any atom is -0.346 e. The number of nitrogens with zero attached hydrogens (tertiary/aromatic N) is 3. The summed E-state index contributed by atoms with van der Waals surface area (Å²) in [5.74, 6) is -0.112. The molecular weight excluding hydrogens is 302 g/mol. The van der Waals surface area contributed by atoms with Gasteiger partial charge in [-0.05, 0) is 49.8 Å².